The molecule has 0 amide bonds. The van der Waals surface area contributed by atoms with Gasteiger partial charge in [0.1, 0.15) is 0 Å². The standard InChI is InChI=1S/C42H28BN3/c1-3-14-28(15-4-1)44-41-35(26-27-39-40(41)32-20-13-19-31-30-18-7-10-23-36(30)46(39)42(31)32)43-33-21-8-11-24-37(33)45(29-16-5-2-6-17-29)38-25-12-9-22-34(38)43/h1-27,44H. The summed E-state index contributed by atoms with van der Waals surface area (Å²) in [6.45, 7) is 0.0276. The number of nitrogens with zero attached hydrogens (tertiary/aromatic N) is 2. The summed E-state index contributed by atoms with van der Waals surface area (Å²) in [5.41, 5.74) is 13.4. The van der Waals surface area contributed by atoms with E-state index in [1.54, 1.807) is 0 Å². The monoisotopic (exact) mass is 585 g/mol. The maximum absolute atomic E-state index is 3.96. The second kappa shape index (κ2) is 9.75. The lowest BCUT2D eigenvalue weighted by atomic mass is 9.34. The van der Waals surface area contributed by atoms with Crippen molar-refractivity contribution in [2.75, 3.05) is 10.2 Å². The highest BCUT2D eigenvalue weighted by molar-refractivity contribution is 6.99. The van der Waals surface area contributed by atoms with E-state index in [0.717, 1.165) is 17.1 Å². The predicted molar refractivity (Wildman–Crippen MR) is 197 cm³/mol. The van der Waals surface area contributed by atoms with E-state index in [2.05, 4.69) is 178 Å². The molecule has 0 saturated carbocycles. The Morgan fingerprint density at radius 1 is 0.435 bits per heavy atom. The van der Waals surface area contributed by atoms with Gasteiger partial charge in [0.15, 0.2) is 0 Å². The minimum Gasteiger partial charge on any atom is -0.355 e. The van der Waals surface area contributed by atoms with Crippen molar-refractivity contribution in [3.05, 3.63) is 164 Å². The van der Waals surface area contributed by atoms with Crippen molar-refractivity contribution < 1.29 is 0 Å². The lowest BCUT2D eigenvalue weighted by Gasteiger charge is -2.37. The van der Waals surface area contributed by atoms with Crippen LogP contribution in [0.4, 0.5) is 28.4 Å². The van der Waals surface area contributed by atoms with E-state index in [-0.39, 0.29) is 6.71 Å². The summed E-state index contributed by atoms with van der Waals surface area (Å²) in [5, 5.41) is 9.08. The molecule has 0 atom stereocenters. The molecule has 7 aromatic carbocycles. The van der Waals surface area contributed by atoms with Gasteiger partial charge in [0.2, 0.25) is 6.71 Å². The molecule has 46 heavy (non-hydrogen) atoms. The molecule has 9 aromatic rings. The Balaban J connectivity index is 1.31. The van der Waals surface area contributed by atoms with E-state index in [4.69, 9.17) is 0 Å². The number of aromatic nitrogens is 1. The van der Waals surface area contributed by atoms with Crippen LogP contribution in [0.5, 0.6) is 0 Å². The largest absolute Gasteiger partial charge is 0.355 e. The van der Waals surface area contributed by atoms with Crippen LogP contribution >= 0.6 is 0 Å². The Morgan fingerprint density at radius 2 is 1.04 bits per heavy atom. The van der Waals surface area contributed by atoms with Crippen LogP contribution in [0.2, 0.25) is 0 Å². The van der Waals surface area contributed by atoms with Crippen molar-refractivity contribution >= 4 is 89.6 Å². The molecule has 0 bridgehead atoms. The first-order chi connectivity index (χ1) is 22.9. The van der Waals surface area contributed by atoms with Crippen LogP contribution in [0.3, 0.4) is 0 Å². The molecular weight excluding hydrogens is 557 g/mol. The van der Waals surface area contributed by atoms with Gasteiger partial charge in [0.05, 0.1) is 16.6 Å². The highest BCUT2D eigenvalue weighted by Crippen LogP contribution is 2.42. The quantitative estimate of drug-likeness (QED) is 0.208. The Morgan fingerprint density at radius 3 is 1.80 bits per heavy atom. The molecule has 0 unspecified atom stereocenters. The van der Waals surface area contributed by atoms with Crippen LogP contribution in [0.25, 0.3) is 38.1 Å². The minimum atomic E-state index is 0.0276. The third-order valence-corrected chi connectivity index (χ3v) is 9.77. The number of hydrogen-bond donors (Lipinski definition) is 1. The molecular formula is C42H28BN3. The van der Waals surface area contributed by atoms with E-state index in [9.17, 15) is 0 Å². The molecule has 0 fully saturated rings. The van der Waals surface area contributed by atoms with Gasteiger partial charge in [-0.05, 0) is 64.9 Å². The van der Waals surface area contributed by atoms with Crippen LogP contribution in [0, 0.1) is 0 Å². The summed E-state index contributed by atoms with van der Waals surface area (Å²) in [6, 6.07) is 59.4. The molecule has 4 heteroatoms. The molecule has 1 aliphatic heterocycles. The Hall–Kier alpha value is -6.00. The fourth-order valence-corrected chi connectivity index (χ4v) is 7.94. The molecule has 2 aromatic heterocycles. The van der Waals surface area contributed by atoms with Crippen molar-refractivity contribution in [2.24, 2.45) is 0 Å². The average Bonchev–Trinajstić information content (AvgIpc) is 3.64. The summed E-state index contributed by atoms with van der Waals surface area (Å²) >= 11 is 0. The molecule has 10 rings (SSSR count). The highest BCUT2D eigenvalue weighted by Gasteiger charge is 2.37. The molecule has 0 saturated heterocycles. The van der Waals surface area contributed by atoms with Gasteiger partial charge >= 0.3 is 0 Å². The second-order valence-electron chi connectivity index (χ2n) is 12.2. The van der Waals surface area contributed by atoms with Gasteiger partial charge in [0.25, 0.3) is 0 Å². The maximum atomic E-state index is 3.96. The fourth-order valence-electron chi connectivity index (χ4n) is 7.94. The molecule has 1 N–H and O–H groups in total. The van der Waals surface area contributed by atoms with Gasteiger partial charge in [-0.1, -0.05) is 115 Å². The SMILES string of the molecule is c1ccc(Nc2c(B3c4ccccc4N(c4ccccc4)c4ccccc43)ccc3c2c2cccc4c5ccccc5n3c42)cc1. The first kappa shape index (κ1) is 25.3. The second-order valence-corrected chi connectivity index (χ2v) is 12.2. The predicted octanol–water partition coefficient (Wildman–Crippen LogP) is 8.88. The van der Waals surface area contributed by atoms with Gasteiger partial charge in [0, 0.05) is 50.0 Å². The van der Waals surface area contributed by atoms with Crippen LogP contribution in [-0.4, -0.2) is 11.1 Å². The summed E-state index contributed by atoms with van der Waals surface area (Å²) in [5.74, 6) is 0. The molecule has 3 heterocycles. The van der Waals surface area contributed by atoms with E-state index >= 15 is 0 Å². The number of rotatable bonds is 4. The number of hydrogen-bond acceptors (Lipinski definition) is 2. The van der Waals surface area contributed by atoms with Gasteiger partial charge < -0.3 is 14.6 Å². The zero-order valence-corrected chi connectivity index (χ0v) is 25.1. The first-order valence-electron chi connectivity index (χ1n) is 15.9. The number of para-hydroxylation sites is 6. The van der Waals surface area contributed by atoms with Crippen LogP contribution in [0.1, 0.15) is 0 Å². The lowest BCUT2D eigenvalue weighted by molar-refractivity contribution is 1.29. The molecule has 0 aliphatic carbocycles. The number of nitrogens with one attached hydrogen (secondary N) is 1. The zero-order valence-electron chi connectivity index (χ0n) is 25.1. The molecule has 0 spiro atoms. The minimum absolute atomic E-state index is 0.0276. The van der Waals surface area contributed by atoms with Crippen molar-refractivity contribution in [3.63, 3.8) is 0 Å². The molecule has 1 aliphatic rings. The summed E-state index contributed by atoms with van der Waals surface area (Å²) < 4.78 is 2.47. The summed E-state index contributed by atoms with van der Waals surface area (Å²) in [4.78, 5) is 2.41. The van der Waals surface area contributed by atoms with E-state index in [1.165, 1.54) is 65.9 Å². The van der Waals surface area contributed by atoms with E-state index < -0.39 is 0 Å². The smallest absolute Gasteiger partial charge is 0.249 e. The maximum Gasteiger partial charge on any atom is 0.249 e. The number of benzene rings is 7. The Bertz CT molecular complexity index is 2520. The lowest BCUT2D eigenvalue weighted by Crippen LogP contribution is -2.57. The first-order valence-corrected chi connectivity index (χ1v) is 15.9. The summed E-state index contributed by atoms with van der Waals surface area (Å²) in [6.07, 6.45) is 0. The van der Waals surface area contributed by atoms with E-state index in [0.29, 0.717) is 0 Å². The van der Waals surface area contributed by atoms with Crippen LogP contribution in [-0.2, 0) is 0 Å². The Labute approximate surface area is 267 Å². The zero-order chi connectivity index (χ0) is 30.2. The molecule has 0 radical (unpaired) electrons. The van der Waals surface area contributed by atoms with Crippen LogP contribution in [0.15, 0.2) is 164 Å². The van der Waals surface area contributed by atoms with Crippen molar-refractivity contribution in [1.29, 1.82) is 0 Å². The Kier molecular flexibility index (Phi) is 5.37. The van der Waals surface area contributed by atoms with Gasteiger partial charge in [-0.2, -0.15) is 0 Å². The van der Waals surface area contributed by atoms with Gasteiger partial charge in [-0.3, -0.25) is 0 Å². The van der Waals surface area contributed by atoms with Crippen LogP contribution < -0.4 is 26.6 Å². The van der Waals surface area contributed by atoms with Crippen molar-refractivity contribution in [1.82, 2.24) is 4.40 Å². The number of fused-ring (bicyclic) bond motifs is 8. The van der Waals surface area contributed by atoms with Gasteiger partial charge in [-0.25, -0.2) is 0 Å². The third-order valence-electron chi connectivity index (χ3n) is 9.77. The topological polar surface area (TPSA) is 19.7 Å². The number of anilines is 5. The van der Waals surface area contributed by atoms with Crippen molar-refractivity contribution in [3.8, 4) is 0 Å². The fraction of sp³-hybridized carbons (Fsp3) is 0. The third kappa shape index (κ3) is 3.50. The highest BCUT2D eigenvalue weighted by atomic mass is 15.1. The molecule has 214 valence electrons. The van der Waals surface area contributed by atoms with Gasteiger partial charge in [-0.15, -0.1) is 0 Å². The van der Waals surface area contributed by atoms with Crippen molar-refractivity contribution in [2.45, 2.75) is 0 Å². The average molecular weight is 586 g/mol. The van der Waals surface area contributed by atoms with E-state index in [1.807, 2.05) is 0 Å². The normalized spacial score (nSPS) is 12.7. The summed E-state index contributed by atoms with van der Waals surface area (Å²) in [7, 11) is 0. The molecule has 3 nitrogen and oxygen atoms in total.